The summed E-state index contributed by atoms with van der Waals surface area (Å²) in [6, 6.07) is 6.92. The fourth-order valence-electron chi connectivity index (χ4n) is 2.76. The van der Waals surface area contributed by atoms with Gasteiger partial charge in [-0.05, 0) is 18.2 Å². The molecule has 1 aliphatic heterocycles. The molecule has 0 spiro atoms. The van der Waals surface area contributed by atoms with Gasteiger partial charge in [0.25, 0.3) is 5.91 Å². The van der Waals surface area contributed by atoms with Crippen LogP contribution in [0.3, 0.4) is 0 Å². The number of thiophene rings is 1. The smallest absolute Gasteiger partial charge is 0.255 e. The van der Waals surface area contributed by atoms with E-state index in [2.05, 4.69) is 4.90 Å². The minimum atomic E-state index is -0.406. The summed E-state index contributed by atoms with van der Waals surface area (Å²) in [6.45, 7) is 3.50. The summed E-state index contributed by atoms with van der Waals surface area (Å²) in [7, 11) is 0. The van der Waals surface area contributed by atoms with Crippen molar-refractivity contribution in [1.29, 1.82) is 0 Å². The van der Waals surface area contributed by atoms with Crippen LogP contribution in [0.2, 0.25) is 10.0 Å². The van der Waals surface area contributed by atoms with E-state index in [0.717, 1.165) is 24.5 Å². The number of hydrogen-bond acceptors (Lipinski definition) is 4. The highest BCUT2D eigenvalue weighted by Crippen LogP contribution is 2.27. The molecule has 1 aliphatic rings. The van der Waals surface area contributed by atoms with Crippen LogP contribution in [0, 0.1) is 0 Å². The zero-order valence-corrected chi connectivity index (χ0v) is 15.7. The standard InChI is InChI=1S/C17H17Cl2N3O2S/c18-14-3-1-2-13(15(14)19)17(24)22-6-4-21(5-7-22)9-12-8-11(10-25-12)16(20)23/h1-3,8,10H,4-7,9H2,(H2,20,23). The van der Waals surface area contributed by atoms with Crippen molar-refractivity contribution in [2.24, 2.45) is 5.73 Å². The van der Waals surface area contributed by atoms with Gasteiger partial charge in [0.05, 0.1) is 21.2 Å². The summed E-state index contributed by atoms with van der Waals surface area (Å²) in [5.41, 5.74) is 6.26. The van der Waals surface area contributed by atoms with Crippen LogP contribution in [0.4, 0.5) is 0 Å². The van der Waals surface area contributed by atoms with Gasteiger partial charge < -0.3 is 10.6 Å². The van der Waals surface area contributed by atoms with Crippen molar-refractivity contribution in [3.05, 3.63) is 55.7 Å². The molecule has 3 rings (SSSR count). The number of carbonyl (C=O) groups is 2. The molecule has 0 unspecified atom stereocenters. The van der Waals surface area contributed by atoms with Crippen LogP contribution < -0.4 is 5.73 Å². The zero-order valence-electron chi connectivity index (χ0n) is 13.4. The van der Waals surface area contributed by atoms with E-state index in [-0.39, 0.29) is 5.91 Å². The van der Waals surface area contributed by atoms with Crippen molar-refractivity contribution in [3.63, 3.8) is 0 Å². The number of benzene rings is 1. The normalized spacial score (nSPS) is 15.4. The highest BCUT2D eigenvalue weighted by Gasteiger charge is 2.24. The van der Waals surface area contributed by atoms with Gasteiger partial charge in [-0.1, -0.05) is 29.3 Å². The Hall–Kier alpha value is -1.60. The molecule has 1 aromatic carbocycles. The van der Waals surface area contributed by atoms with Crippen LogP contribution in [0.25, 0.3) is 0 Å². The van der Waals surface area contributed by atoms with Crippen molar-refractivity contribution >= 4 is 46.4 Å². The lowest BCUT2D eigenvalue weighted by atomic mass is 10.1. The minimum absolute atomic E-state index is 0.0979. The van der Waals surface area contributed by atoms with Crippen LogP contribution >= 0.6 is 34.5 Å². The van der Waals surface area contributed by atoms with E-state index in [1.54, 1.807) is 28.5 Å². The molecule has 0 atom stereocenters. The Balaban J connectivity index is 1.58. The van der Waals surface area contributed by atoms with Crippen LogP contribution in [0.15, 0.2) is 29.6 Å². The highest BCUT2D eigenvalue weighted by molar-refractivity contribution is 7.10. The number of amides is 2. The molecule has 2 amide bonds. The first-order chi connectivity index (χ1) is 12.0. The fraction of sp³-hybridized carbons (Fsp3) is 0.294. The van der Waals surface area contributed by atoms with Crippen LogP contribution in [-0.4, -0.2) is 47.8 Å². The Morgan fingerprint density at radius 1 is 1.16 bits per heavy atom. The van der Waals surface area contributed by atoms with Gasteiger partial charge in [-0.3, -0.25) is 14.5 Å². The van der Waals surface area contributed by atoms with E-state index in [4.69, 9.17) is 28.9 Å². The second-order valence-corrected chi connectivity index (χ2v) is 7.62. The number of hydrogen-bond donors (Lipinski definition) is 1. The highest BCUT2D eigenvalue weighted by atomic mass is 35.5. The molecular formula is C17H17Cl2N3O2S. The SMILES string of the molecule is NC(=O)c1csc(CN2CCN(C(=O)c3cccc(Cl)c3Cl)CC2)c1. The van der Waals surface area contributed by atoms with E-state index in [1.807, 2.05) is 6.07 Å². The molecule has 2 heterocycles. The van der Waals surface area contributed by atoms with Gasteiger partial charge in [0, 0.05) is 43.0 Å². The maximum absolute atomic E-state index is 12.6. The average Bonchev–Trinajstić information content (AvgIpc) is 3.06. The second-order valence-electron chi connectivity index (χ2n) is 5.84. The molecule has 0 radical (unpaired) electrons. The van der Waals surface area contributed by atoms with Crippen LogP contribution in [-0.2, 0) is 6.54 Å². The molecule has 2 N–H and O–H groups in total. The first kappa shape index (κ1) is 18.2. The number of nitrogens with two attached hydrogens (primary N) is 1. The van der Waals surface area contributed by atoms with E-state index in [0.29, 0.717) is 34.3 Å². The Labute approximate surface area is 159 Å². The molecule has 1 saturated heterocycles. The van der Waals surface area contributed by atoms with Crippen LogP contribution in [0.5, 0.6) is 0 Å². The second kappa shape index (κ2) is 7.74. The van der Waals surface area contributed by atoms with Crippen molar-refractivity contribution in [2.45, 2.75) is 6.54 Å². The van der Waals surface area contributed by atoms with E-state index < -0.39 is 5.91 Å². The first-order valence-electron chi connectivity index (χ1n) is 7.78. The predicted molar refractivity (Wildman–Crippen MR) is 100 cm³/mol. The molecule has 5 nitrogen and oxygen atoms in total. The lowest BCUT2D eigenvalue weighted by Crippen LogP contribution is -2.48. The van der Waals surface area contributed by atoms with Gasteiger partial charge in [-0.2, -0.15) is 0 Å². The van der Waals surface area contributed by atoms with Gasteiger partial charge in [0.15, 0.2) is 0 Å². The zero-order chi connectivity index (χ0) is 18.0. The summed E-state index contributed by atoms with van der Waals surface area (Å²) in [5, 5.41) is 2.46. The molecule has 1 aromatic heterocycles. The van der Waals surface area contributed by atoms with Gasteiger partial charge in [0.1, 0.15) is 0 Å². The fourth-order valence-corrected chi connectivity index (χ4v) is 4.06. The quantitative estimate of drug-likeness (QED) is 0.861. The number of piperazine rings is 1. The average molecular weight is 398 g/mol. The molecule has 1 fully saturated rings. The molecular weight excluding hydrogens is 381 g/mol. The van der Waals surface area contributed by atoms with Gasteiger partial charge in [0.2, 0.25) is 5.91 Å². The molecule has 2 aromatic rings. The van der Waals surface area contributed by atoms with Crippen molar-refractivity contribution in [1.82, 2.24) is 9.80 Å². The van der Waals surface area contributed by atoms with Gasteiger partial charge in [-0.25, -0.2) is 0 Å². The van der Waals surface area contributed by atoms with E-state index >= 15 is 0 Å². The lowest BCUT2D eigenvalue weighted by molar-refractivity contribution is 0.0629. The third-order valence-corrected chi connectivity index (χ3v) is 5.90. The monoisotopic (exact) mass is 397 g/mol. The summed E-state index contributed by atoms with van der Waals surface area (Å²) in [4.78, 5) is 28.9. The molecule has 0 saturated carbocycles. The Kier molecular flexibility index (Phi) is 5.64. The Bertz CT molecular complexity index is 801. The third kappa shape index (κ3) is 4.15. The summed E-state index contributed by atoms with van der Waals surface area (Å²) in [6.07, 6.45) is 0. The molecule has 25 heavy (non-hydrogen) atoms. The molecule has 132 valence electrons. The van der Waals surface area contributed by atoms with Crippen molar-refractivity contribution in [2.75, 3.05) is 26.2 Å². The molecule has 0 aliphatic carbocycles. The van der Waals surface area contributed by atoms with Crippen molar-refractivity contribution < 1.29 is 9.59 Å². The summed E-state index contributed by atoms with van der Waals surface area (Å²) in [5.74, 6) is -0.504. The van der Waals surface area contributed by atoms with Gasteiger partial charge >= 0.3 is 0 Å². The number of nitrogens with zero attached hydrogens (tertiary/aromatic N) is 2. The Morgan fingerprint density at radius 2 is 1.88 bits per heavy atom. The number of rotatable bonds is 4. The third-order valence-electron chi connectivity index (χ3n) is 4.16. The van der Waals surface area contributed by atoms with Crippen LogP contribution in [0.1, 0.15) is 25.6 Å². The van der Waals surface area contributed by atoms with Crippen molar-refractivity contribution in [3.8, 4) is 0 Å². The topological polar surface area (TPSA) is 66.6 Å². The summed E-state index contributed by atoms with van der Waals surface area (Å²) >= 11 is 13.7. The number of carbonyl (C=O) groups excluding carboxylic acids is 2. The summed E-state index contributed by atoms with van der Waals surface area (Å²) < 4.78 is 0. The Morgan fingerprint density at radius 3 is 2.52 bits per heavy atom. The molecule has 0 bridgehead atoms. The maximum atomic E-state index is 12.6. The number of halogens is 2. The van der Waals surface area contributed by atoms with E-state index in [1.165, 1.54) is 11.3 Å². The largest absolute Gasteiger partial charge is 0.366 e. The predicted octanol–water partition coefficient (Wildman–Crippen LogP) is 3.11. The van der Waals surface area contributed by atoms with Gasteiger partial charge in [-0.15, -0.1) is 11.3 Å². The molecule has 8 heteroatoms. The first-order valence-corrected chi connectivity index (χ1v) is 9.42. The minimum Gasteiger partial charge on any atom is -0.366 e. The number of primary amides is 1. The van der Waals surface area contributed by atoms with E-state index in [9.17, 15) is 9.59 Å². The maximum Gasteiger partial charge on any atom is 0.255 e. The lowest BCUT2D eigenvalue weighted by Gasteiger charge is -2.34.